The normalized spacial score (nSPS) is 10.1. The SMILES string of the molecule is CCN(C(=O)c1ccnc(Nc2ccccc2C#N)n1)c1cccc(C)c1. The molecule has 1 heterocycles. The quantitative estimate of drug-likeness (QED) is 0.744. The van der Waals surface area contributed by atoms with Gasteiger partial charge in [0.15, 0.2) is 0 Å². The van der Waals surface area contributed by atoms with Crippen molar-refractivity contribution in [3.8, 4) is 6.07 Å². The topological polar surface area (TPSA) is 81.9 Å². The molecular weight excluding hydrogens is 338 g/mol. The number of anilines is 3. The molecule has 6 heteroatoms. The first-order chi connectivity index (χ1) is 13.1. The van der Waals surface area contributed by atoms with Crippen molar-refractivity contribution in [2.75, 3.05) is 16.8 Å². The standard InChI is InChI=1S/C21H19N5O/c1-3-26(17-9-6-7-15(2)13-17)20(27)19-11-12-23-21(25-19)24-18-10-5-4-8-16(18)14-22/h4-13H,3H2,1-2H3,(H,23,24,25). The van der Waals surface area contributed by atoms with Crippen LogP contribution in [0.25, 0.3) is 0 Å². The van der Waals surface area contributed by atoms with E-state index in [1.165, 1.54) is 6.20 Å². The lowest BCUT2D eigenvalue weighted by molar-refractivity contribution is 0.0983. The molecule has 3 aromatic rings. The first-order valence-electron chi connectivity index (χ1n) is 8.60. The summed E-state index contributed by atoms with van der Waals surface area (Å²) >= 11 is 0. The number of aromatic nitrogens is 2. The van der Waals surface area contributed by atoms with Gasteiger partial charge in [0.2, 0.25) is 5.95 Å². The van der Waals surface area contributed by atoms with Gasteiger partial charge in [0.1, 0.15) is 11.8 Å². The van der Waals surface area contributed by atoms with Gasteiger partial charge < -0.3 is 10.2 Å². The molecule has 0 aliphatic carbocycles. The molecule has 3 rings (SSSR count). The summed E-state index contributed by atoms with van der Waals surface area (Å²) in [6.45, 7) is 4.43. The van der Waals surface area contributed by atoms with Gasteiger partial charge in [-0.1, -0.05) is 24.3 Å². The molecule has 1 N–H and O–H groups in total. The molecule has 6 nitrogen and oxygen atoms in total. The minimum absolute atomic E-state index is 0.206. The molecule has 0 bridgehead atoms. The highest BCUT2D eigenvalue weighted by atomic mass is 16.2. The monoisotopic (exact) mass is 357 g/mol. The molecule has 1 aromatic heterocycles. The van der Waals surface area contributed by atoms with E-state index in [-0.39, 0.29) is 17.5 Å². The molecule has 0 unspecified atom stereocenters. The van der Waals surface area contributed by atoms with Gasteiger partial charge in [-0.2, -0.15) is 5.26 Å². The highest BCUT2D eigenvalue weighted by Gasteiger charge is 2.18. The van der Waals surface area contributed by atoms with Crippen molar-refractivity contribution in [2.45, 2.75) is 13.8 Å². The Morgan fingerprint density at radius 2 is 2.00 bits per heavy atom. The summed E-state index contributed by atoms with van der Waals surface area (Å²) in [6, 6.07) is 18.5. The van der Waals surface area contributed by atoms with Crippen molar-refractivity contribution in [3.63, 3.8) is 0 Å². The van der Waals surface area contributed by atoms with Crippen LogP contribution in [0.2, 0.25) is 0 Å². The fraction of sp³-hybridized carbons (Fsp3) is 0.143. The van der Waals surface area contributed by atoms with Crippen LogP contribution in [-0.2, 0) is 0 Å². The highest BCUT2D eigenvalue weighted by Crippen LogP contribution is 2.20. The van der Waals surface area contributed by atoms with E-state index >= 15 is 0 Å². The van der Waals surface area contributed by atoms with Crippen LogP contribution in [0.5, 0.6) is 0 Å². The van der Waals surface area contributed by atoms with Gasteiger partial charge in [0.25, 0.3) is 5.91 Å². The Kier molecular flexibility index (Phi) is 5.43. The summed E-state index contributed by atoms with van der Waals surface area (Å²) in [4.78, 5) is 23.1. The van der Waals surface area contributed by atoms with Crippen molar-refractivity contribution < 1.29 is 4.79 Å². The fourth-order valence-corrected chi connectivity index (χ4v) is 2.73. The molecule has 1 amide bonds. The van der Waals surface area contributed by atoms with E-state index in [9.17, 15) is 10.1 Å². The number of benzene rings is 2. The Hall–Kier alpha value is -3.72. The average Bonchev–Trinajstić information content (AvgIpc) is 2.69. The summed E-state index contributed by atoms with van der Waals surface area (Å²) in [5.41, 5.74) is 3.26. The van der Waals surface area contributed by atoms with E-state index in [4.69, 9.17) is 0 Å². The molecule has 0 aliphatic rings. The van der Waals surface area contributed by atoms with Crippen LogP contribution in [0.4, 0.5) is 17.3 Å². The van der Waals surface area contributed by atoms with Gasteiger partial charge in [0, 0.05) is 18.4 Å². The van der Waals surface area contributed by atoms with Gasteiger partial charge in [-0.3, -0.25) is 4.79 Å². The molecule has 0 radical (unpaired) electrons. The minimum Gasteiger partial charge on any atom is -0.323 e. The van der Waals surface area contributed by atoms with Crippen molar-refractivity contribution in [3.05, 3.63) is 77.6 Å². The molecule has 0 aliphatic heterocycles. The van der Waals surface area contributed by atoms with E-state index in [0.717, 1.165) is 11.3 Å². The third kappa shape index (κ3) is 4.10. The largest absolute Gasteiger partial charge is 0.323 e. The summed E-state index contributed by atoms with van der Waals surface area (Å²) < 4.78 is 0. The van der Waals surface area contributed by atoms with Crippen molar-refractivity contribution in [1.29, 1.82) is 5.26 Å². The van der Waals surface area contributed by atoms with E-state index in [2.05, 4.69) is 21.4 Å². The predicted octanol–water partition coefficient (Wildman–Crippen LogP) is 4.07. The highest BCUT2D eigenvalue weighted by molar-refractivity contribution is 6.04. The first kappa shape index (κ1) is 18.1. The predicted molar refractivity (Wildman–Crippen MR) is 105 cm³/mol. The second-order valence-corrected chi connectivity index (χ2v) is 5.94. The number of nitrogens with one attached hydrogen (secondary N) is 1. The van der Waals surface area contributed by atoms with Crippen LogP contribution >= 0.6 is 0 Å². The number of carbonyl (C=O) groups is 1. The zero-order chi connectivity index (χ0) is 19.2. The van der Waals surface area contributed by atoms with Crippen LogP contribution in [0, 0.1) is 18.3 Å². The molecule has 0 saturated heterocycles. The van der Waals surface area contributed by atoms with Gasteiger partial charge in [0.05, 0.1) is 11.3 Å². The number of hydrogen-bond donors (Lipinski definition) is 1. The Morgan fingerprint density at radius 3 is 2.74 bits per heavy atom. The van der Waals surface area contributed by atoms with E-state index in [1.807, 2.05) is 44.2 Å². The molecular formula is C21H19N5O. The lowest BCUT2D eigenvalue weighted by atomic mass is 10.2. The number of aryl methyl sites for hydroxylation is 1. The lowest BCUT2D eigenvalue weighted by Crippen LogP contribution is -2.31. The van der Waals surface area contributed by atoms with Crippen molar-refractivity contribution in [1.82, 2.24) is 9.97 Å². The van der Waals surface area contributed by atoms with Gasteiger partial charge in [-0.05, 0) is 49.7 Å². The molecule has 2 aromatic carbocycles. The smallest absolute Gasteiger partial charge is 0.277 e. The van der Waals surface area contributed by atoms with Crippen LogP contribution in [0.3, 0.4) is 0 Å². The number of amides is 1. The van der Waals surface area contributed by atoms with Crippen LogP contribution < -0.4 is 10.2 Å². The zero-order valence-corrected chi connectivity index (χ0v) is 15.2. The Bertz CT molecular complexity index is 1010. The number of para-hydroxylation sites is 1. The van der Waals surface area contributed by atoms with E-state index in [0.29, 0.717) is 17.8 Å². The maximum atomic E-state index is 13.0. The number of nitriles is 1. The number of rotatable bonds is 5. The number of carbonyl (C=O) groups excluding carboxylic acids is 1. The van der Waals surface area contributed by atoms with Crippen LogP contribution in [0.15, 0.2) is 60.8 Å². The minimum atomic E-state index is -0.206. The number of nitrogens with zero attached hydrogens (tertiary/aromatic N) is 4. The average molecular weight is 357 g/mol. The third-order valence-electron chi connectivity index (χ3n) is 4.04. The van der Waals surface area contributed by atoms with E-state index in [1.54, 1.807) is 29.2 Å². The van der Waals surface area contributed by atoms with Crippen LogP contribution in [-0.4, -0.2) is 22.4 Å². The van der Waals surface area contributed by atoms with Crippen molar-refractivity contribution >= 4 is 23.2 Å². The summed E-state index contributed by atoms with van der Waals surface area (Å²) in [5.74, 6) is 0.0611. The maximum absolute atomic E-state index is 13.0. The summed E-state index contributed by atoms with van der Waals surface area (Å²) in [7, 11) is 0. The maximum Gasteiger partial charge on any atom is 0.277 e. The Balaban J connectivity index is 1.88. The Morgan fingerprint density at radius 1 is 1.19 bits per heavy atom. The molecule has 0 fully saturated rings. The molecule has 0 atom stereocenters. The van der Waals surface area contributed by atoms with E-state index < -0.39 is 0 Å². The first-order valence-corrected chi connectivity index (χ1v) is 8.60. The van der Waals surface area contributed by atoms with Crippen molar-refractivity contribution in [2.24, 2.45) is 0 Å². The second kappa shape index (κ2) is 8.11. The third-order valence-corrected chi connectivity index (χ3v) is 4.04. The lowest BCUT2D eigenvalue weighted by Gasteiger charge is -2.21. The molecule has 0 spiro atoms. The molecule has 0 saturated carbocycles. The van der Waals surface area contributed by atoms with Gasteiger partial charge >= 0.3 is 0 Å². The summed E-state index contributed by atoms with van der Waals surface area (Å²) in [5, 5.41) is 12.2. The summed E-state index contributed by atoms with van der Waals surface area (Å²) in [6.07, 6.45) is 1.53. The molecule has 134 valence electrons. The molecule has 27 heavy (non-hydrogen) atoms. The number of hydrogen-bond acceptors (Lipinski definition) is 5. The second-order valence-electron chi connectivity index (χ2n) is 5.94. The van der Waals surface area contributed by atoms with Gasteiger partial charge in [-0.25, -0.2) is 9.97 Å². The van der Waals surface area contributed by atoms with Crippen LogP contribution in [0.1, 0.15) is 28.5 Å². The fourth-order valence-electron chi connectivity index (χ4n) is 2.73. The Labute approximate surface area is 158 Å². The zero-order valence-electron chi connectivity index (χ0n) is 15.2. The van der Waals surface area contributed by atoms with Gasteiger partial charge in [-0.15, -0.1) is 0 Å².